The molecule has 2 heterocycles. The average Bonchev–Trinajstić information content (AvgIpc) is 3.36. The molecular weight excluding hydrogens is 398 g/mol. The lowest BCUT2D eigenvalue weighted by Crippen LogP contribution is -2.49. The Hall–Kier alpha value is -2.51. The number of hydrogen-bond acceptors (Lipinski definition) is 3. The molecule has 0 bridgehead atoms. The molecule has 5 nitrogen and oxygen atoms in total. The zero-order valence-corrected chi connectivity index (χ0v) is 17.6. The Morgan fingerprint density at radius 3 is 2.32 bits per heavy atom. The minimum Gasteiger partial charge on any atom is -0.336 e. The molecule has 1 aliphatic carbocycles. The third kappa shape index (κ3) is 4.16. The number of fused-ring (bicyclic) bond motifs is 1. The van der Waals surface area contributed by atoms with E-state index in [-0.39, 0.29) is 29.6 Å². The lowest BCUT2D eigenvalue weighted by molar-refractivity contribution is 0.0905. The van der Waals surface area contributed by atoms with E-state index in [1.54, 1.807) is 12.1 Å². The first-order valence-corrected chi connectivity index (χ1v) is 11.1. The van der Waals surface area contributed by atoms with Crippen LogP contribution in [0.3, 0.4) is 0 Å². The van der Waals surface area contributed by atoms with Crippen molar-refractivity contribution in [3.05, 3.63) is 70.8 Å². The maximum absolute atomic E-state index is 14.1. The highest BCUT2D eigenvalue weighted by Crippen LogP contribution is 2.47. The van der Waals surface area contributed by atoms with Crippen LogP contribution in [0.4, 0.5) is 13.6 Å². The molecular formula is C24H28F2N4O. The molecule has 2 amide bonds. The van der Waals surface area contributed by atoms with E-state index in [0.717, 1.165) is 69.9 Å². The van der Waals surface area contributed by atoms with Crippen molar-refractivity contribution in [3.63, 3.8) is 0 Å². The van der Waals surface area contributed by atoms with Gasteiger partial charge in [0.15, 0.2) is 0 Å². The van der Waals surface area contributed by atoms with Gasteiger partial charge in [-0.15, -0.1) is 0 Å². The zero-order chi connectivity index (χ0) is 21.4. The lowest BCUT2D eigenvalue weighted by atomic mass is 9.93. The fourth-order valence-corrected chi connectivity index (χ4v) is 5.27. The van der Waals surface area contributed by atoms with Gasteiger partial charge in [0.1, 0.15) is 11.6 Å². The quantitative estimate of drug-likeness (QED) is 0.798. The normalized spacial score (nSPS) is 24.5. The summed E-state index contributed by atoms with van der Waals surface area (Å²) in [5.41, 5.74) is 3.26. The molecule has 2 aromatic rings. The second-order valence-electron chi connectivity index (χ2n) is 8.73. The van der Waals surface area contributed by atoms with Crippen LogP contribution >= 0.6 is 0 Å². The molecule has 2 aliphatic heterocycles. The molecule has 2 saturated heterocycles. The number of benzene rings is 2. The molecule has 1 N–H and O–H groups in total. The number of rotatable bonds is 5. The Kier molecular flexibility index (Phi) is 5.63. The summed E-state index contributed by atoms with van der Waals surface area (Å²) in [4.78, 5) is 18.5. The van der Waals surface area contributed by atoms with E-state index in [1.807, 2.05) is 23.1 Å². The van der Waals surface area contributed by atoms with E-state index in [2.05, 4.69) is 15.1 Å². The number of amides is 2. The summed E-state index contributed by atoms with van der Waals surface area (Å²) in [7, 11) is 0. The number of carbonyl (C=O) groups excluding carboxylic acids is 1. The number of nitrogens with one attached hydrogen (secondary N) is 1. The lowest BCUT2D eigenvalue weighted by Gasteiger charge is -2.39. The Morgan fingerprint density at radius 1 is 0.871 bits per heavy atom. The molecule has 3 aliphatic rings. The number of nitrogens with zero attached hydrogens (tertiary/aromatic N) is 3. The van der Waals surface area contributed by atoms with E-state index in [9.17, 15) is 13.6 Å². The molecule has 2 fully saturated rings. The Balaban J connectivity index is 1.25. The molecule has 2 aromatic carbocycles. The molecule has 7 heteroatoms. The average molecular weight is 427 g/mol. The van der Waals surface area contributed by atoms with Gasteiger partial charge in [0.25, 0.3) is 0 Å². The van der Waals surface area contributed by atoms with Gasteiger partial charge in [0.05, 0.1) is 0 Å². The highest BCUT2D eigenvalue weighted by Gasteiger charge is 2.36. The molecule has 0 spiro atoms. The van der Waals surface area contributed by atoms with Crippen molar-refractivity contribution < 1.29 is 13.6 Å². The van der Waals surface area contributed by atoms with E-state index in [4.69, 9.17) is 0 Å². The highest BCUT2D eigenvalue weighted by atomic mass is 19.1. The first-order valence-electron chi connectivity index (χ1n) is 11.1. The third-order valence-electron chi connectivity index (χ3n) is 6.99. The number of urea groups is 1. The first-order chi connectivity index (χ1) is 15.1. The highest BCUT2D eigenvalue weighted by molar-refractivity contribution is 5.76. The van der Waals surface area contributed by atoms with Crippen molar-refractivity contribution in [3.8, 4) is 0 Å². The Labute approximate surface area is 181 Å². The molecule has 2 unspecified atom stereocenters. The Morgan fingerprint density at radius 2 is 1.61 bits per heavy atom. The molecule has 2 atom stereocenters. The monoisotopic (exact) mass is 426 g/mol. The molecule has 164 valence electrons. The van der Waals surface area contributed by atoms with Gasteiger partial charge in [-0.05, 0) is 47.4 Å². The SMILES string of the molecule is O=C1NCCN1CCN1CCN(C2CC(c3ccc(F)cc3)c3cc(F)ccc32)CC1. The van der Waals surface area contributed by atoms with Crippen LogP contribution in [0, 0.1) is 11.6 Å². The second kappa shape index (κ2) is 8.55. The van der Waals surface area contributed by atoms with E-state index >= 15 is 0 Å². The van der Waals surface area contributed by atoms with Crippen LogP contribution in [0.25, 0.3) is 0 Å². The molecule has 0 radical (unpaired) electrons. The maximum atomic E-state index is 14.1. The van der Waals surface area contributed by atoms with Gasteiger partial charge in [-0.1, -0.05) is 18.2 Å². The van der Waals surface area contributed by atoms with Gasteiger partial charge in [0.2, 0.25) is 0 Å². The van der Waals surface area contributed by atoms with E-state index < -0.39 is 0 Å². The molecule has 0 saturated carbocycles. The zero-order valence-electron chi connectivity index (χ0n) is 17.6. The fourth-order valence-electron chi connectivity index (χ4n) is 5.27. The topological polar surface area (TPSA) is 38.8 Å². The van der Waals surface area contributed by atoms with Crippen LogP contribution in [-0.2, 0) is 0 Å². The van der Waals surface area contributed by atoms with Gasteiger partial charge < -0.3 is 10.2 Å². The van der Waals surface area contributed by atoms with Crippen LogP contribution < -0.4 is 5.32 Å². The summed E-state index contributed by atoms with van der Waals surface area (Å²) in [5.74, 6) is -0.384. The second-order valence-corrected chi connectivity index (χ2v) is 8.73. The van der Waals surface area contributed by atoms with Crippen molar-refractivity contribution in [1.29, 1.82) is 0 Å². The van der Waals surface area contributed by atoms with E-state index in [1.165, 1.54) is 17.7 Å². The largest absolute Gasteiger partial charge is 0.336 e. The summed E-state index contributed by atoms with van der Waals surface area (Å²) in [6.07, 6.45) is 0.887. The van der Waals surface area contributed by atoms with Gasteiger partial charge in [-0.2, -0.15) is 0 Å². The summed E-state index contributed by atoms with van der Waals surface area (Å²) in [5, 5.41) is 2.85. The van der Waals surface area contributed by atoms with Gasteiger partial charge in [-0.25, -0.2) is 13.6 Å². The van der Waals surface area contributed by atoms with Crippen molar-refractivity contribution >= 4 is 6.03 Å². The Bertz CT molecular complexity index is 943. The van der Waals surface area contributed by atoms with Crippen molar-refractivity contribution in [2.24, 2.45) is 0 Å². The van der Waals surface area contributed by atoms with Crippen LogP contribution in [0.1, 0.15) is 35.1 Å². The van der Waals surface area contributed by atoms with Crippen LogP contribution in [-0.4, -0.2) is 73.1 Å². The predicted octanol–water partition coefficient (Wildman–Crippen LogP) is 3.18. The van der Waals surface area contributed by atoms with E-state index in [0.29, 0.717) is 0 Å². The fraction of sp³-hybridized carbons (Fsp3) is 0.458. The van der Waals surface area contributed by atoms with Crippen LogP contribution in [0.5, 0.6) is 0 Å². The number of hydrogen-bond donors (Lipinski definition) is 1. The van der Waals surface area contributed by atoms with Crippen molar-refractivity contribution in [1.82, 2.24) is 20.0 Å². The van der Waals surface area contributed by atoms with Gasteiger partial charge >= 0.3 is 6.03 Å². The van der Waals surface area contributed by atoms with Crippen LogP contribution in [0.2, 0.25) is 0 Å². The molecule has 0 aromatic heterocycles. The smallest absolute Gasteiger partial charge is 0.317 e. The van der Waals surface area contributed by atoms with Crippen molar-refractivity contribution in [2.75, 3.05) is 52.4 Å². The number of piperazine rings is 1. The summed E-state index contributed by atoms with van der Waals surface area (Å²) >= 11 is 0. The third-order valence-corrected chi connectivity index (χ3v) is 6.99. The minimum atomic E-state index is -0.250. The van der Waals surface area contributed by atoms with Gasteiger partial charge in [-0.3, -0.25) is 9.80 Å². The summed E-state index contributed by atoms with van der Waals surface area (Å²) in [6, 6.07) is 12.0. The predicted molar refractivity (Wildman–Crippen MR) is 115 cm³/mol. The number of halogens is 2. The molecule has 5 rings (SSSR count). The van der Waals surface area contributed by atoms with Crippen LogP contribution in [0.15, 0.2) is 42.5 Å². The number of carbonyl (C=O) groups is 1. The summed E-state index contributed by atoms with van der Waals surface area (Å²) in [6.45, 7) is 7.01. The maximum Gasteiger partial charge on any atom is 0.317 e. The molecule has 31 heavy (non-hydrogen) atoms. The standard InChI is InChI=1S/C24H28F2N4O/c25-18-3-1-17(2-4-18)21-16-23(20-6-5-19(26)15-22(20)21)29-12-9-28(10-13-29)11-14-30-8-7-27-24(30)31/h1-6,15,21,23H,7-14,16H2,(H,27,31). The first kappa shape index (κ1) is 20.4. The van der Waals surface area contributed by atoms with Gasteiger partial charge in [0, 0.05) is 64.3 Å². The summed E-state index contributed by atoms with van der Waals surface area (Å²) < 4.78 is 27.5. The van der Waals surface area contributed by atoms with Crippen molar-refractivity contribution in [2.45, 2.75) is 18.4 Å². The minimum absolute atomic E-state index is 0.0419.